The van der Waals surface area contributed by atoms with Gasteiger partial charge in [0, 0.05) is 29.9 Å². The Bertz CT molecular complexity index is 1100. The van der Waals surface area contributed by atoms with Gasteiger partial charge < -0.3 is 16.2 Å². The number of fused-ring (bicyclic) bond motifs is 1. The first-order valence-electron chi connectivity index (χ1n) is 8.26. The Labute approximate surface area is 156 Å². The van der Waals surface area contributed by atoms with Gasteiger partial charge in [0.05, 0.1) is 22.4 Å². The number of nitrogens with zero attached hydrogens (tertiary/aromatic N) is 3. The maximum absolute atomic E-state index is 13.3. The average Bonchev–Trinajstić information content (AvgIpc) is 2.67. The Morgan fingerprint density at radius 2 is 1.81 bits per heavy atom. The van der Waals surface area contributed by atoms with Gasteiger partial charge in [-0.15, -0.1) is 0 Å². The highest BCUT2D eigenvalue weighted by Gasteiger charge is 2.34. The van der Waals surface area contributed by atoms with Gasteiger partial charge in [-0.05, 0) is 18.2 Å². The van der Waals surface area contributed by atoms with E-state index in [9.17, 15) is 8.42 Å². The Kier molecular flexibility index (Phi) is 4.15. The molecule has 9 heteroatoms. The average molecular weight is 383 g/mol. The van der Waals surface area contributed by atoms with Crippen LogP contribution in [0.2, 0.25) is 0 Å². The standard InChI is InChI=1S/C18H17N5O3S/c19-17-8-12(7-14(23-17)11-9-21-18(20)22-10-11)27(24,25)16-5-6-26-15-4-2-1-3-13(15)16/h1-4,7-10,16H,5-6H2,(H2,19,23)(H2,20,21,22). The Morgan fingerprint density at radius 3 is 2.59 bits per heavy atom. The van der Waals surface area contributed by atoms with Crippen molar-refractivity contribution in [3.63, 3.8) is 0 Å². The minimum absolute atomic E-state index is 0.100. The summed E-state index contributed by atoms with van der Waals surface area (Å²) in [5, 5.41) is -0.709. The summed E-state index contributed by atoms with van der Waals surface area (Å²) in [4.78, 5) is 12.1. The molecule has 2 aromatic heterocycles. The first-order chi connectivity index (χ1) is 12.9. The molecule has 138 valence electrons. The van der Waals surface area contributed by atoms with E-state index in [4.69, 9.17) is 16.2 Å². The zero-order valence-corrected chi connectivity index (χ0v) is 15.1. The predicted molar refractivity (Wildman–Crippen MR) is 101 cm³/mol. The summed E-state index contributed by atoms with van der Waals surface area (Å²) in [5.41, 5.74) is 12.9. The second kappa shape index (κ2) is 6.51. The van der Waals surface area contributed by atoms with E-state index in [1.54, 1.807) is 18.2 Å². The molecule has 1 unspecified atom stereocenters. The first-order valence-corrected chi connectivity index (χ1v) is 9.81. The topological polar surface area (TPSA) is 134 Å². The molecule has 3 heterocycles. The molecule has 0 saturated heterocycles. The Balaban J connectivity index is 1.80. The monoisotopic (exact) mass is 383 g/mol. The van der Waals surface area contributed by atoms with Crippen LogP contribution in [0.4, 0.5) is 11.8 Å². The molecule has 3 aromatic rings. The highest BCUT2D eigenvalue weighted by atomic mass is 32.2. The number of rotatable bonds is 3. The third-order valence-corrected chi connectivity index (χ3v) is 6.52. The minimum Gasteiger partial charge on any atom is -0.493 e. The number of para-hydroxylation sites is 1. The van der Waals surface area contributed by atoms with E-state index in [0.717, 1.165) is 0 Å². The van der Waals surface area contributed by atoms with Crippen LogP contribution in [0.15, 0.2) is 53.7 Å². The number of benzene rings is 1. The van der Waals surface area contributed by atoms with Gasteiger partial charge in [-0.2, -0.15) is 0 Å². The molecule has 0 bridgehead atoms. The fourth-order valence-corrected chi connectivity index (χ4v) is 4.93. The van der Waals surface area contributed by atoms with Crippen LogP contribution in [-0.4, -0.2) is 30.0 Å². The number of sulfone groups is 1. The molecule has 0 fully saturated rings. The van der Waals surface area contributed by atoms with E-state index in [1.165, 1.54) is 24.5 Å². The lowest BCUT2D eigenvalue weighted by molar-refractivity contribution is 0.283. The molecule has 1 aliphatic rings. The lowest BCUT2D eigenvalue weighted by Crippen LogP contribution is -2.22. The van der Waals surface area contributed by atoms with Crippen LogP contribution in [0.5, 0.6) is 5.75 Å². The molecule has 0 saturated carbocycles. The Morgan fingerprint density at radius 1 is 1.07 bits per heavy atom. The van der Waals surface area contributed by atoms with Gasteiger partial charge >= 0.3 is 0 Å². The Hall–Kier alpha value is -3.20. The van der Waals surface area contributed by atoms with Crippen LogP contribution in [0.25, 0.3) is 11.3 Å². The highest BCUT2D eigenvalue weighted by Crippen LogP contribution is 2.40. The van der Waals surface area contributed by atoms with Gasteiger partial charge in [0.15, 0.2) is 9.84 Å². The third-order valence-electron chi connectivity index (χ3n) is 4.39. The number of ether oxygens (including phenoxy) is 1. The third kappa shape index (κ3) is 3.17. The van der Waals surface area contributed by atoms with Crippen LogP contribution in [0, 0.1) is 0 Å². The van der Waals surface area contributed by atoms with E-state index >= 15 is 0 Å². The zero-order valence-electron chi connectivity index (χ0n) is 14.2. The van der Waals surface area contributed by atoms with Crippen molar-refractivity contribution in [2.45, 2.75) is 16.6 Å². The number of aromatic nitrogens is 3. The van der Waals surface area contributed by atoms with Gasteiger partial charge in [0.1, 0.15) is 11.6 Å². The van der Waals surface area contributed by atoms with Gasteiger partial charge in [0.2, 0.25) is 5.95 Å². The van der Waals surface area contributed by atoms with Crippen LogP contribution in [0.1, 0.15) is 17.2 Å². The molecular formula is C18H17N5O3S. The lowest BCUT2D eigenvalue weighted by Gasteiger charge is -2.26. The first kappa shape index (κ1) is 17.2. The van der Waals surface area contributed by atoms with Crippen LogP contribution >= 0.6 is 0 Å². The maximum atomic E-state index is 13.3. The van der Waals surface area contributed by atoms with Gasteiger partial charge in [0.25, 0.3) is 0 Å². The van der Waals surface area contributed by atoms with Crippen LogP contribution in [0.3, 0.4) is 0 Å². The van der Waals surface area contributed by atoms with Crippen molar-refractivity contribution >= 4 is 21.6 Å². The zero-order chi connectivity index (χ0) is 19.0. The fourth-order valence-electron chi connectivity index (χ4n) is 3.10. The van der Waals surface area contributed by atoms with E-state index in [2.05, 4.69) is 15.0 Å². The van der Waals surface area contributed by atoms with Crippen molar-refractivity contribution in [2.75, 3.05) is 18.1 Å². The minimum atomic E-state index is -3.70. The normalized spacial score (nSPS) is 16.4. The summed E-state index contributed by atoms with van der Waals surface area (Å²) in [6, 6.07) is 10.0. The number of pyridine rings is 1. The molecule has 4 N–H and O–H groups in total. The second-order valence-corrected chi connectivity index (χ2v) is 8.28. The lowest BCUT2D eigenvalue weighted by atomic mass is 10.1. The molecule has 0 radical (unpaired) electrons. The van der Waals surface area contributed by atoms with E-state index < -0.39 is 15.1 Å². The molecule has 0 spiro atoms. The number of hydrogen-bond donors (Lipinski definition) is 2. The number of hydrogen-bond acceptors (Lipinski definition) is 8. The van der Waals surface area contributed by atoms with Crippen molar-refractivity contribution in [3.05, 3.63) is 54.4 Å². The summed E-state index contributed by atoms with van der Waals surface area (Å²) < 4.78 is 32.3. The molecule has 0 amide bonds. The largest absolute Gasteiger partial charge is 0.493 e. The van der Waals surface area contributed by atoms with Crippen LogP contribution in [-0.2, 0) is 9.84 Å². The van der Waals surface area contributed by atoms with Crippen molar-refractivity contribution < 1.29 is 13.2 Å². The summed E-state index contributed by atoms with van der Waals surface area (Å²) in [6.07, 6.45) is 3.32. The van der Waals surface area contributed by atoms with Crippen molar-refractivity contribution in [1.82, 2.24) is 15.0 Å². The summed E-state index contributed by atoms with van der Waals surface area (Å²) in [6.45, 7) is 0.333. The molecular weight excluding hydrogens is 366 g/mol. The molecule has 1 aromatic carbocycles. The molecule has 4 rings (SSSR count). The van der Waals surface area contributed by atoms with Crippen LogP contribution < -0.4 is 16.2 Å². The number of nitrogen functional groups attached to an aromatic ring is 2. The molecule has 8 nitrogen and oxygen atoms in total. The van der Waals surface area contributed by atoms with Gasteiger partial charge in [-0.3, -0.25) is 0 Å². The van der Waals surface area contributed by atoms with E-state index in [-0.39, 0.29) is 16.7 Å². The van der Waals surface area contributed by atoms with Gasteiger partial charge in [-0.25, -0.2) is 23.4 Å². The van der Waals surface area contributed by atoms with Crippen molar-refractivity contribution in [3.8, 4) is 17.0 Å². The smallest absolute Gasteiger partial charge is 0.219 e. The fraction of sp³-hybridized carbons (Fsp3) is 0.167. The molecule has 0 aliphatic carbocycles. The van der Waals surface area contributed by atoms with Crippen molar-refractivity contribution in [1.29, 1.82) is 0 Å². The van der Waals surface area contributed by atoms with E-state index in [1.807, 2.05) is 6.07 Å². The molecule has 1 aliphatic heterocycles. The number of nitrogens with two attached hydrogens (primary N) is 2. The summed E-state index contributed by atoms with van der Waals surface area (Å²) in [7, 11) is -3.70. The SMILES string of the molecule is Nc1cc(S(=O)(=O)C2CCOc3ccccc32)cc(-c2cnc(N)nc2)n1. The molecule has 27 heavy (non-hydrogen) atoms. The summed E-state index contributed by atoms with van der Waals surface area (Å²) in [5.74, 6) is 0.809. The predicted octanol–water partition coefficient (Wildman–Crippen LogP) is 2.00. The van der Waals surface area contributed by atoms with Crippen molar-refractivity contribution in [2.24, 2.45) is 0 Å². The quantitative estimate of drug-likeness (QED) is 0.701. The number of anilines is 2. The van der Waals surface area contributed by atoms with Gasteiger partial charge in [-0.1, -0.05) is 18.2 Å². The van der Waals surface area contributed by atoms with E-state index in [0.29, 0.717) is 35.6 Å². The maximum Gasteiger partial charge on any atom is 0.219 e. The summed E-state index contributed by atoms with van der Waals surface area (Å²) >= 11 is 0. The molecule has 1 atom stereocenters. The second-order valence-electron chi connectivity index (χ2n) is 6.15. The highest BCUT2D eigenvalue weighted by molar-refractivity contribution is 7.91.